The normalized spacial score (nSPS) is 28.2. The Morgan fingerprint density at radius 3 is 2.71 bits per heavy atom. The molecule has 1 fully saturated rings. The fourth-order valence-electron chi connectivity index (χ4n) is 2.11. The molecule has 0 aromatic carbocycles. The first kappa shape index (κ1) is 11.3. The van der Waals surface area contributed by atoms with Gasteiger partial charge in [-0.05, 0) is 30.6 Å². The number of aliphatic carboxylic acids is 1. The van der Waals surface area contributed by atoms with Gasteiger partial charge in [0.2, 0.25) is 0 Å². The molecule has 1 rings (SSSR count). The summed E-state index contributed by atoms with van der Waals surface area (Å²) in [6.45, 7) is 6.80. The maximum absolute atomic E-state index is 10.4. The van der Waals surface area contributed by atoms with E-state index in [1.54, 1.807) is 0 Å². The molecule has 0 amide bonds. The second kappa shape index (κ2) is 4.16. The molecular formula is C12H20O2. The summed E-state index contributed by atoms with van der Waals surface area (Å²) in [5, 5.41) is 8.54. The molecule has 0 aliphatic heterocycles. The fourth-order valence-corrected chi connectivity index (χ4v) is 2.11. The van der Waals surface area contributed by atoms with Gasteiger partial charge < -0.3 is 5.11 Å². The lowest BCUT2D eigenvalue weighted by molar-refractivity contribution is -0.136. The van der Waals surface area contributed by atoms with Crippen molar-refractivity contribution in [1.29, 1.82) is 0 Å². The van der Waals surface area contributed by atoms with Crippen molar-refractivity contribution in [2.75, 3.05) is 0 Å². The highest BCUT2D eigenvalue weighted by Crippen LogP contribution is 2.46. The molecule has 1 atom stereocenters. The van der Waals surface area contributed by atoms with Crippen molar-refractivity contribution in [3.63, 3.8) is 0 Å². The minimum Gasteiger partial charge on any atom is -0.481 e. The monoisotopic (exact) mass is 196 g/mol. The highest BCUT2D eigenvalue weighted by Gasteiger charge is 2.35. The van der Waals surface area contributed by atoms with Gasteiger partial charge in [0, 0.05) is 6.42 Å². The van der Waals surface area contributed by atoms with E-state index in [1.807, 2.05) is 0 Å². The van der Waals surface area contributed by atoms with Crippen molar-refractivity contribution in [2.24, 2.45) is 11.3 Å². The Morgan fingerprint density at radius 2 is 2.29 bits per heavy atom. The van der Waals surface area contributed by atoms with Crippen molar-refractivity contribution in [2.45, 2.75) is 46.5 Å². The highest BCUT2D eigenvalue weighted by atomic mass is 16.4. The molecule has 1 aliphatic carbocycles. The lowest BCUT2D eigenvalue weighted by atomic mass is 9.79. The van der Waals surface area contributed by atoms with Crippen molar-refractivity contribution in [3.8, 4) is 0 Å². The molecular weight excluding hydrogens is 176 g/mol. The molecule has 0 spiro atoms. The van der Waals surface area contributed by atoms with E-state index in [0.717, 1.165) is 12.3 Å². The number of rotatable bonds is 3. The van der Waals surface area contributed by atoms with Gasteiger partial charge in [0.1, 0.15) is 0 Å². The van der Waals surface area contributed by atoms with E-state index in [2.05, 4.69) is 26.8 Å². The van der Waals surface area contributed by atoms with Crippen LogP contribution in [0.2, 0.25) is 0 Å². The van der Waals surface area contributed by atoms with Crippen LogP contribution in [0.3, 0.4) is 0 Å². The van der Waals surface area contributed by atoms with Crippen molar-refractivity contribution < 1.29 is 9.90 Å². The maximum Gasteiger partial charge on any atom is 0.303 e. The Kier molecular flexibility index (Phi) is 3.35. The van der Waals surface area contributed by atoms with Gasteiger partial charge in [-0.25, -0.2) is 0 Å². The van der Waals surface area contributed by atoms with Crippen LogP contribution in [0.4, 0.5) is 0 Å². The van der Waals surface area contributed by atoms with Gasteiger partial charge in [0.05, 0.1) is 0 Å². The number of hydrogen-bond donors (Lipinski definition) is 1. The summed E-state index contributed by atoms with van der Waals surface area (Å²) in [5.74, 6) is 0.0179. The molecule has 0 aromatic heterocycles. The van der Waals surface area contributed by atoms with Crippen LogP contribution < -0.4 is 0 Å². The third kappa shape index (κ3) is 2.37. The number of allylic oxidation sites excluding steroid dienone is 2. The smallest absolute Gasteiger partial charge is 0.303 e. The molecule has 1 N–H and O–H groups in total. The second-order valence-electron chi connectivity index (χ2n) is 4.82. The summed E-state index contributed by atoms with van der Waals surface area (Å²) in [4.78, 5) is 10.4. The van der Waals surface area contributed by atoms with Crippen molar-refractivity contribution in [3.05, 3.63) is 11.6 Å². The summed E-state index contributed by atoms with van der Waals surface area (Å²) < 4.78 is 0. The molecule has 0 radical (unpaired) electrons. The van der Waals surface area contributed by atoms with Crippen molar-refractivity contribution >= 4 is 5.97 Å². The number of carboxylic acid groups (broad SMARTS) is 1. The van der Waals surface area contributed by atoms with E-state index < -0.39 is 5.97 Å². The third-order valence-corrected chi connectivity index (χ3v) is 3.66. The molecule has 1 unspecified atom stereocenters. The van der Waals surface area contributed by atoms with Crippen molar-refractivity contribution in [1.82, 2.24) is 0 Å². The first-order valence-corrected chi connectivity index (χ1v) is 5.36. The Balaban J connectivity index is 2.56. The Bertz CT molecular complexity index is 251. The highest BCUT2D eigenvalue weighted by molar-refractivity contribution is 5.66. The van der Waals surface area contributed by atoms with Crippen LogP contribution in [0, 0.1) is 11.3 Å². The molecule has 80 valence electrons. The third-order valence-electron chi connectivity index (χ3n) is 3.66. The Hall–Kier alpha value is -0.790. The van der Waals surface area contributed by atoms with Crippen LogP contribution in [0.5, 0.6) is 0 Å². The van der Waals surface area contributed by atoms with Crippen LogP contribution in [0.15, 0.2) is 11.6 Å². The van der Waals surface area contributed by atoms with Gasteiger partial charge in [0.25, 0.3) is 0 Å². The lowest BCUT2D eigenvalue weighted by Crippen LogP contribution is -2.16. The molecule has 0 saturated heterocycles. The number of hydrogen-bond acceptors (Lipinski definition) is 1. The predicted octanol–water partition coefficient (Wildman–Crippen LogP) is 3.23. The predicted molar refractivity (Wildman–Crippen MR) is 57.1 cm³/mol. The standard InChI is InChI=1S/C12H20O2/c1-9-7-8-10(12(9,2)3)5-4-6-11(13)14/h5,9H,4,6-8H2,1-3H3,(H,13,14). The van der Waals surface area contributed by atoms with Crippen LogP contribution >= 0.6 is 0 Å². The zero-order valence-electron chi connectivity index (χ0n) is 9.34. The molecule has 0 heterocycles. The van der Waals surface area contributed by atoms with E-state index in [1.165, 1.54) is 12.0 Å². The largest absolute Gasteiger partial charge is 0.481 e. The van der Waals surface area contributed by atoms with Gasteiger partial charge in [-0.1, -0.05) is 32.4 Å². The summed E-state index contributed by atoms with van der Waals surface area (Å²) in [5.41, 5.74) is 1.73. The topological polar surface area (TPSA) is 37.3 Å². The Morgan fingerprint density at radius 1 is 1.64 bits per heavy atom. The summed E-state index contributed by atoms with van der Waals surface area (Å²) in [6, 6.07) is 0. The number of carbonyl (C=O) groups is 1. The quantitative estimate of drug-likeness (QED) is 0.703. The number of carboxylic acids is 1. The average molecular weight is 196 g/mol. The Labute approximate surface area is 86.0 Å². The van der Waals surface area contributed by atoms with Gasteiger partial charge in [-0.15, -0.1) is 0 Å². The van der Waals surface area contributed by atoms with Crippen LogP contribution in [0.25, 0.3) is 0 Å². The fraction of sp³-hybridized carbons (Fsp3) is 0.750. The lowest BCUT2D eigenvalue weighted by Gasteiger charge is -2.25. The minimum absolute atomic E-state index is 0.258. The van der Waals surface area contributed by atoms with Crippen LogP contribution in [0.1, 0.15) is 46.5 Å². The summed E-state index contributed by atoms with van der Waals surface area (Å²) in [7, 11) is 0. The molecule has 14 heavy (non-hydrogen) atoms. The molecule has 2 heteroatoms. The van der Waals surface area contributed by atoms with Crippen LogP contribution in [-0.4, -0.2) is 11.1 Å². The van der Waals surface area contributed by atoms with Crippen LogP contribution in [-0.2, 0) is 4.79 Å². The van der Waals surface area contributed by atoms with E-state index in [-0.39, 0.29) is 11.8 Å². The summed E-state index contributed by atoms with van der Waals surface area (Å²) >= 11 is 0. The van der Waals surface area contributed by atoms with Gasteiger partial charge >= 0.3 is 5.97 Å². The molecule has 0 bridgehead atoms. The van der Waals surface area contributed by atoms with Gasteiger partial charge in [-0.2, -0.15) is 0 Å². The minimum atomic E-state index is -0.703. The zero-order chi connectivity index (χ0) is 10.8. The van der Waals surface area contributed by atoms with E-state index in [0.29, 0.717) is 6.42 Å². The SMILES string of the molecule is CC1CCC(=CCCC(=O)O)C1(C)C. The van der Waals surface area contributed by atoms with E-state index in [9.17, 15) is 4.79 Å². The first-order chi connectivity index (χ1) is 6.44. The second-order valence-corrected chi connectivity index (χ2v) is 4.82. The van der Waals surface area contributed by atoms with Gasteiger partial charge in [-0.3, -0.25) is 4.79 Å². The zero-order valence-corrected chi connectivity index (χ0v) is 9.34. The molecule has 1 aliphatic rings. The average Bonchev–Trinajstić information content (AvgIpc) is 2.30. The summed E-state index contributed by atoms with van der Waals surface area (Å²) in [6.07, 6.45) is 5.46. The molecule has 1 saturated carbocycles. The van der Waals surface area contributed by atoms with Gasteiger partial charge in [0.15, 0.2) is 0 Å². The molecule has 0 aromatic rings. The van der Waals surface area contributed by atoms with E-state index in [4.69, 9.17) is 5.11 Å². The molecule has 2 nitrogen and oxygen atoms in total. The van der Waals surface area contributed by atoms with E-state index >= 15 is 0 Å². The first-order valence-electron chi connectivity index (χ1n) is 5.36. The maximum atomic E-state index is 10.4.